The van der Waals surface area contributed by atoms with Crippen molar-refractivity contribution in [2.75, 3.05) is 19.2 Å². The largest absolute Gasteiger partial charge is 0.359 e. The van der Waals surface area contributed by atoms with Crippen LogP contribution in [0.4, 0.5) is 0 Å². The smallest absolute Gasteiger partial charge is 0.146 e. The average molecular weight is 183 g/mol. The summed E-state index contributed by atoms with van der Waals surface area (Å²) in [6.07, 6.45) is 0.245. The molecule has 0 aromatic rings. The van der Waals surface area contributed by atoms with Crippen LogP contribution in [0.2, 0.25) is 0 Å². The van der Waals surface area contributed by atoms with Crippen LogP contribution < -0.4 is 0 Å². The molecule has 8 heavy (non-hydrogen) atoms. The molecule has 0 aromatic carbocycles. The molecule has 0 rings (SSSR count). The normalized spacial score (nSPS) is 13.9. The first-order chi connectivity index (χ1) is 3.81. The van der Waals surface area contributed by atoms with Gasteiger partial charge in [-0.25, -0.2) is 0 Å². The number of alkyl halides is 1. The Bertz CT molecular complexity index is 49.7. The third kappa shape index (κ3) is 4.56. The maximum absolute atomic E-state index is 5.07. The van der Waals surface area contributed by atoms with E-state index in [0.29, 0.717) is 6.79 Å². The maximum Gasteiger partial charge on any atom is 0.146 e. The van der Waals surface area contributed by atoms with Gasteiger partial charge in [-0.3, -0.25) is 0 Å². The lowest BCUT2D eigenvalue weighted by molar-refractivity contribution is -0.0567. The molecule has 0 radical (unpaired) electrons. The Morgan fingerprint density at radius 3 is 2.62 bits per heavy atom. The number of ether oxygens (including phenoxy) is 2. The second-order valence-electron chi connectivity index (χ2n) is 1.54. The average Bonchev–Trinajstić information content (AvgIpc) is 1.83. The van der Waals surface area contributed by atoms with Gasteiger partial charge in [0.05, 0.1) is 6.10 Å². The highest BCUT2D eigenvalue weighted by Crippen LogP contribution is 1.94. The van der Waals surface area contributed by atoms with Gasteiger partial charge >= 0.3 is 0 Å². The Morgan fingerprint density at radius 2 is 2.25 bits per heavy atom. The van der Waals surface area contributed by atoms with Crippen molar-refractivity contribution in [3.8, 4) is 0 Å². The van der Waals surface area contributed by atoms with Crippen LogP contribution in [-0.4, -0.2) is 25.3 Å². The standard InChI is InChI=1S/C5H11BrO2/c1-5(3-6)8-4-7-2/h5H,3-4H2,1-2H3. The maximum atomic E-state index is 5.07. The van der Waals surface area contributed by atoms with E-state index in [0.717, 1.165) is 5.33 Å². The van der Waals surface area contributed by atoms with E-state index in [4.69, 9.17) is 4.74 Å². The molecular formula is C5H11BrO2. The summed E-state index contributed by atoms with van der Waals surface area (Å²) in [5.41, 5.74) is 0. The van der Waals surface area contributed by atoms with Gasteiger partial charge in [0, 0.05) is 12.4 Å². The zero-order valence-corrected chi connectivity index (χ0v) is 6.77. The van der Waals surface area contributed by atoms with Crippen LogP contribution in [0.3, 0.4) is 0 Å². The molecular weight excluding hydrogens is 172 g/mol. The predicted octanol–water partition coefficient (Wildman–Crippen LogP) is 1.39. The Balaban J connectivity index is 2.86. The molecule has 3 heteroatoms. The lowest BCUT2D eigenvalue weighted by Crippen LogP contribution is -2.10. The summed E-state index contributed by atoms with van der Waals surface area (Å²) < 4.78 is 9.74. The Kier molecular flexibility index (Phi) is 5.81. The van der Waals surface area contributed by atoms with E-state index in [-0.39, 0.29) is 6.10 Å². The predicted molar refractivity (Wildman–Crippen MR) is 36.2 cm³/mol. The van der Waals surface area contributed by atoms with Crippen LogP contribution in [0, 0.1) is 0 Å². The summed E-state index contributed by atoms with van der Waals surface area (Å²) in [7, 11) is 1.61. The van der Waals surface area contributed by atoms with Crippen LogP contribution in [-0.2, 0) is 9.47 Å². The first-order valence-corrected chi connectivity index (χ1v) is 3.60. The van der Waals surface area contributed by atoms with E-state index in [2.05, 4.69) is 20.7 Å². The topological polar surface area (TPSA) is 18.5 Å². The van der Waals surface area contributed by atoms with E-state index in [1.54, 1.807) is 7.11 Å². The molecule has 1 atom stereocenters. The van der Waals surface area contributed by atoms with E-state index in [1.165, 1.54) is 0 Å². The minimum atomic E-state index is 0.245. The third-order valence-corrected chi connectivity index (χ3v) is 1.60. The highest BCUT2D eigenvalue weighted by atomic mass is 79.9. The summed E-state index contributed by atoms with van der Waals surface area (Å²) in [5.74, 6) is 0. The second kappa shape index (κ2) is 5.54. The van der Waals surface area contributed by atoms with Gasteiger partial charge in [0.2, 0.25) is 0 Å². The molecule has 0 fully saturated rings. The van der Waals surface area contributed by atoms with Gasteiger partial charge < -0.3 is 9.47 Å². The zero-order valence-electron chi connectivity index (χ0n) is 5.19. The van der Waals surface area contributed by atoms with Crippen molar-refractivity contribution in [2.24, 2.45) is 0 Å². The number of rotatable bonds is 4. The molecule has 0 spiro atoms. The van der Waals surface area contributed by atoms with E-state index >= 15 is 0 Å². The lowest BCUT2D eigenvalue weighted by Gasteiger charge is -2.06. The first-order valence-electron chi connectivity index (χ1n) is 2.47. The van der Waals surface area contributed by atoms with Crippen molar-refractivity contribution >= 4 is 15.9 Å². The quantitative estimate of drug-likeness (QED) is 0.484. The molecule has 0 aromatic heterocycles. The fourth-order valence-electron chi connectivity index (χ4n) is 0.229. The second-order valence-corrected chi connectivity index (χ2v) is 2.19. The molecule has 0 aliphatic carbocycles. The first kappa shape index (κ1) is 8.40. The molecule has 1 unspecified atom stereocenters. The van der Waals surface area contributed by atoms with Crippen molar-refractivity contribution < 1.29 is 9.47 Å². The van der Waals surface area contributed by atoms with Gasteiger partial charge in [0.25, 0.3) is 0 Å². The number of methoxy groups -OCH3 is 1. The van der Waals surface area contributed by atoms with Crippen LogP contribution in [0.15, 0.2) is 0 Å². The molecule has 0 amide bonds. The summed E-state index contributed by atoms with van der Waals surface area (Å²) in [5, 5.41) is 0.858. The van der Waals surface area contributed by atoms with Crippen LogP contribution in [0.25, 0.3) is 0 Å². The number of hydrogen-bond donors (Lipinski definition) is 0. The lowest BCUT2D eigenvalue weighted by atomic mass is 10.5. The van der Waals surface area contributed by atoms with Gasteiger partial charge in [-0.15, -0.1) is 0 Å². The summed E-state index contributed by atoms with van der Waals surface area (Å²) >= 11 is 3.26. The Labute approximate surface area is 58.3 Å². The molecule has 50 valence electrons. The fourth-order valence-corrected chi connectivity index (χ4v) is 0.416. The van der Waals surface area contributed by atoms with Crippen LogP contribution in [0.1, 0.15) is 6.92 Å². The van der Waals surface area contributed by atoms with Crippen molar-refractivity contribution in [2.45, 2.75) is 13.0 Å². The minimum Gasteiger partial charge on any atom is -0.359 e. The highest BCUT2D eigenvalue weighted by molar-refractivity contribution is 9.09. The van der Waals surface area contributed by atoms with E-state index < -0.39 is 0 Å². The van der Waals surface area contributed by atoms with Crippen molar-refractivity contribution in [3.63, 3.8) is 0 Å². The number of hydrogen-bond acceptors (Lipinski definition) is 2. The minimum absolute atomic E-state index is 0.245. The third-order valence-electron chi connectivity index (χ3n) is 0.688. The summed E-state index contributed by atoms with van der Waals surface area (Å²) in [6.45, 7) is 2.36. The van der Waals surface area contributed by atoms with Gasteiger partial charge in [0.15, 0.2) is 0 Å². The van der Waals surface area contributed by atoms with Crippen molar-refractivity contribution in [1.82, 2.24) is 0 Å². The van der Waals surface area contributed by atoms with Crippen molar-refractivity contribution in [3.05, 3.63) is 0 Å². The van der Waals surface area contributed by atoms with Gasteiger partial charge in [-0.05, 0) is 6.92 Å². The van der Waals surface area contributed by atoms with Crippen LogP contribution in [0.5, 0.6) is 0 Å². The fraction of sp³-hybridized carbons (Fsp3) is 1.00. The molecule has 0 bridgehead atoms. The van der Waals surface area contributed by atoms with E-state index in [9.17, 15) is 0 Å². The molecule has 2 nitrogen and oxygen atoms in total. The monoisotopic (exact) mass is 182 g/mol. The highest BCUT2D eigenvalue weighted by Gasteiger charge is 1.95. The van der Waals surface area contributed by atoms with E-state index in [1.807, 2.05) is 6.92 Å². The molecule has 0 aliphatic rings. The number of halogens is 1. The van der Waals surface area contributed by atoms with Crippen molar-refractivity contribution in [1.29, 1.82) is 0 Å². The zero-order chi connectivity index (χ0) is 6.41. The SMILES string of the molecule is COCOC(C)CBr. The molecule has 0 saturated carbocycles. The summed E-state index contributed by atoms with van der Waals surface area (Å²) in [6, 6.07) is 0. The van der Waals surface area contributed by atoms with Gasteiger partial charge in [-0.1, -0.05) is 15.9 Å². The van der Waals surface area contributed by atoms with Gasteiger partial charge in [0.1, 0.15) is 6.79 Å². The molecule has 0 heterocycles. The molecule has 0 aliphatic heterocycles. The Morgan fingerprint density at radius 1 is 1.62 bits per heavy atom. The Hall–Kier alpha value is 0.400. The molecule has 0 N–H and O–H groups in total. The summed E-state index contributed by atoms with van der Waals surface area (Å²) in [4.78, 5) is 0. The van der Waals surface area contributed by atoms with Crippen LogP contribution >= 0.6 is 15.9 Å². The van der Waals surface area contributed by atoms with Gasteiger partial charge in [-0.2, -0.15) is 0 Å². The molecule has 0 saturated heterocycles.